The molecule has 2 aliphatic heterocycles. The van der Waals surface area contributed by atoms with Crippen LogP contribution in [0.1, 0.15) is 19.8 Å². The molecule has 2 fully saturated rings. The normalized spacial score (nSPS) is 21.2. The fraction of sp³-hybridized carbons (Fsp3) is 0.667. The molecule has 0 aliphatic carbocycles. The van der Waals surface area contributed by atoms with E-state index in [1.165, 1.54) is 31.6 Å². The number of hydrogen-bond donors (Lipinski definition) is 1. The van der Waals surface area contributed by atoms with Gasteiger partial charge in [-0.1, -0.05) is 6.07 Å². The molecule has 0 aromatic heterocycles. The van der Waals surface area contributed by atoms with Crippen molar-refractivity contribution in [2.45, 2.75) is 19.8 Å². The number of likely N-dealkylation sites (tertiary alicyclic amines) is 1. The van der Waals surface area contributed by atoms with Gasteiger partial charge < -0.3 is 24.8 Å². The molecule has 158 valence electrons. The van der Waals surface area contributed by atoms with Crippen molar-refractivity contribution in [1.29, 1.82) is 0 Å². The Hall–Kier alpha value is -1.22. The number of aliphatic imine (C=N–C) groups is 1. The summed E-state index contributed by atoms with van der Waals surface area (Å²) >= 11 is 0. The summed E-state index contributed by atoms with van der Waals surface area (Å²) < 4.78 is 5.36. The number of halogens is 1. The van der Waals surface area contributed by atoms with E-state index in [1.807, 2.05) is 6.07 Å². The van der Waals surface area contributed by atoms with Gasteiger partial charge in [0, 0.05) is 57.6 Å². The zero-order chi connectivity index (χ0) is 19.1. The molecule has 28 heavy (non-hydrogen) atoms. The highest BCUT2D eigenvalue weighted by molar-refractivity contribution is 14.0. The number of nitrogens with zero attached hydrogens (tertiary/aromatic N) is 4. The van der Waals surface area contributed by atoms with Gasteiger partial charge in [0.15, 0.2) is 5.96 Å². The van der Waals surface area contributed by atoms with Crippen LogP contribution in [0, 0.1) is 5.92 Å². The van der Waals surface area contributed by atoms with Crippen molar-refractivity contribution in [1.82, 2.24) is 15.1 Å². The molecule has 0 bridgehead atoms. The Bertz CT molecular complexity index is 619. The molecule has 1 aromatic carbocycles. The Kier molecular flexibility index (Phi) is 9.64. The van der Waals surface area contributed by atoms with E-state index in [-0.39, 0.29) is 24.0 Å². The van der Waals surface area contributed by atoms with Gasteiger partial charge in [-0.3, -0.25) is 4.99 Å². The maximum Gasteiger partial charge on any atom is 0.194 e. The second-order valence-electron chi connectivity index (χ2n) is 7.64. The number of nitrogens with one attached hydrogen (secondary N) is 1. The SMILES string of the molecule is CCNC(=NCC1CCCN(C)C1)N1CCN(c2cccc(OC)c2)CC1.I. The number of piperidine rings is 1. The monoisotopic (exact) mass is 501 g/mol. The summed E-state index contributed by atoms with van der Waals surface area (Å²) in [5.41, 5.74) is 1.24. The average Bonchev–Trinajstić information content (AvgIpc) is 2.71. The number of methoxy groups -OCH3 is 1. The highest BCUT2D eigenvalue weighted by Crippen LogP contribution is 2.22. The summed E-state index contributed by atoms with van der Waals surface area (Å²) in [6.07, 6.45) is 2.60. The lowest BCUT2D eigenvalue weighted by molar-refractivity contribution is 0.214. The van der Waals surface area contributed by atoms with Crippen LogP contribution in [0.15, 0.2) is 29.3 Å². The molecular weight excluding hydrogens is 465 g/mol. The standard InChI is InChI=1S/C21H35N5O.HI/c1-4-22-21(23-16-18-7-6-10-24(2)17-18)26-13-11-25(12-14-26)19-8-5-9-20(15-19)27-3;/h5,8-9,15,18H,4,6-7,10-14,16-17H2,1-3H3,(H,22,23);1H. The number of ether oxygens (including phenoxy) is 1. The van der Waals surface area contributed by atoms with Gasteiger partial charge in [-0.15, -0.1) is 24.0 Å². The first kappa shape index (κ1) is 23.1. The van der Waals surface area contributed by atoms with Crippen molar-refractivity contribution in [2.75, 3.05) is 71.4 Å². The van der Waals surface area contributed by atoms with Gasteiger partial charge in [0.25, 0.3) is 0 Å². The van der Waals surface area contributed by atoms with E-state index in [0.29, 0.717) is 5.92 Å². The first-order valence-electron chi connectivity index (χ1n) is 10.3. The fourth-order valence-electron chi connectivity index (χ4n) is 4.05. The van der Waals surface area contributed by atoms with Gasteiger partial charge in [-0.05, 0) is 51.4 Å². The van der Waals surface area contributed by atoms with Crippen LogP contribution >= 0.6 is 24.0 Å². The quantitative estimate of drug-likeness (QED) is 0.382. The summed E-state index contributed by atoms with van der Waals surface area (Å²) in [5, 5.41) is 3.50. The number of benzene rings is 1. The van der Waals surface area contributed by atoms with Crippen molar-refractivity contribution in [3.05, 3.63) is 24.3 Å². The molecule has 1 aromatic rings. The van der Waals surface area contributed by atoms with Gasteiger partial charge in [0.2, 0.25) is 0 Å². The largest absolute Gasteiger partial charge is 0.497 e. The molecule has 6 nitrogen and oxygen atoms in total. The minimum Gasteiger partial charge on any atom is -0.497 e. The van der Waals surface area contributed by atoms with Gasteiger partial charge in [-0.2, -0.15) is 0 Å². The van der Waals surface area contributed by atoms with Crippen molar-refractivity contribution in [2.24, 2.45) is 10.9 Å². The van der Waals surface area contributed by atoms with E-state index in [9.17, 15) is 0 Å². The topological polar surface area (TPSA) is 43.3 Å². The highest BCUT2D eigenvalue weighted by Gasteiger charge is 2.21. The van der Waals surface area contributed by atoms with Crippen LogP contribution in [0.25, 0.3) is 0 Å². The Labute approximate surface area is 187 Å². The Morgan fingerprint density at radius 1 is 1.21 bits per heavy atom. The third kappa shape index (κ3) is 6.40. The van der Waals surface area contributed by atoms with Crippen LogP contribution in [-0.2, 0) is 0 Å². The zero-order valence-corrected chi connectivity index (χ0v) is 19.9. The number of hydrogen-bond acceptors (Lipinski definition) is 4. The smallest absolute Gasteiger partial charge is 0.194 e. The predicted octanol–water partition coefficient (Wildman–Crippen LogP) is 2.74. The Morgan fingerprint density at radius 2 is 2.00 bits per heavy atom. The van der Waals surface area contributed by atoms with Crippen LogP contribution in [0.5, 0.6) is 5.75 Å². The van der Waals surface area contributed by atoms with Crippen molar-refractivity contribution < 1.29 is 4.74 Å². The maximum atomic E-state index is 5.36. The molecular formula is C21H36IN5O. The molecule has 0 radical (unpaired) electrons. The molecule has 0 spiro atoms. The first-order chi connectivity index (χ1) is 13.2. The van der Waals surface area contributed by atoms with Crippen molar-refractivity contribution in [3.8, 4) is 5.75 Å². The molecule has 7 heteroatoms. The molecule has 2 aliphatic rings. The second-order valence-corrected chi connectivity index (χ2v) is 7.64. The number of anilines is 1. The number of rotatable bonds is 5. The van der Waals surface area contributed by atoms with Crippen LogP contribution < -0.4 is 15.0 Å². The third-order valence-corrected chi connectivity index (χ3v) is 5.55. The van der Waals surface area contributed by atoms with Gasteiger partial charge >= 0.3 is 0 Å². The minimum absolute atomic E-state index is 0. The lowest BCUT2D eigenvalue weighted by atomic mass is 9.99. The Morgan fingerprint density at radius 3 is 2.68 bits per heavy atom. The van der Waals surface area contributed by atoms with Crippen LogP contribution in [0.4, 0.5) is 5.69 Å². The van der Waals surface area contributed by atoms with Crippen molar-refractivity contribution >= 4 is 35.6 Å². The van der Waals surface area contributed by atoms with Gasteiger partial charge in [0.1, 0.15) is 5.75 Å². The molecule has 0 saturated carbocycles. The van der Waals surface area contributed by atoms with E-state index in [4.69, 9.17) is 9.73 Å². The van der Waals surface area contributed by atoms with E-state index >= 15 is 0 Å². The fourth-order valence-corrected chi connectivity index (χ4v) is 4.05. The molecule has 2 heterocycles. The number of guanidine groups is 1. The molecule has 1 atom stereocenters. The summed E-state index contributed by atoms with van der Waals surface area (Å²) in [6, 6.07) is 8.34. The third-order valence-electron chi connectivity index (χ3n) is 5.55. The van der Waals surface area contributed by atoms with E-state index in [0.717, 1.165) is 51.0 Å². The van der Waals surface area contributed by atoms with E-state index in [2.05, 4.69) is 52.2 Å². The molecule has 3 rings (SSSR count). The molecule has 0 amide bonds. The highest BCUT2D eigenvalue weighted by atomic mass is 127. The summed E-state index contributed by atoms with van der Waals surface area (Å²) in [7, 11) is 3.94. The molecule has 2 saturated heterocycles. The van der Waals surface area contributed by atoms with Gasteiger partial charge in [0.05, 0.1) is 7.11 Å². The average molecular weight is 501 g/mol. The number of piperazine rings is 1. The maximum absolute atomic E-state index is 5.36. The summed E-state index contributed by atoms with van der Waals surface area (Å²) in [6.45, 7) is 10.4. The summed E-state index contributed by atoms with van der Waals surface area (Å²) in [4.78, 5) is 12.3. The first-order valence-corrected chi connectivity index (χ1v) is 10.3. The Balaban J connectivity index is 0.00000280. The van der Waals surface area contributed by atoms with E-state index < -0.39 is 0 Å². The van der Waals surface area contributed by atoms with Crippen LogP contribution in [0.3, 0.4) is 0 Å². The van der Waals surface area contributed by atoms with Crippen molar-refractivity contribution in [3.63, 3.8) is 0 Å². The lowest BCUT2D eigenvalue weighted by Gasteiger charge is -2.38. The van der Waals surface area contributed by atoms with Crippen LogP contribution in [-0.4, -0.2) is 82.3 Å². The summed E-state index contributed by atoms with van der Waals surface area (Å²) in [5.74, 6) is 2.69. The lowest BCUT2D eigenvalue weighted by Crippen LogP contribution is -2.52. The van der Waals surface area contributed by atoms with Crippen LogP contribution in [0.2, 0.25) is 0 Å². The molecule has 1 N–H and O–H groups in total. The van der Waals surface area contributed by atoms with Gasteiger partial charge in [-0.25, -0.2) is 0 Å². The zero-order valence-electron chi connectivity index (χ0n) is 17.6. The molecule has 1 unspecified atom stereocenters. The van der Waals surface area contributed by atoms with E-state index in [1.54, 1.807) is 7.11 Å². The predicted molar refractivity (Wildman–Crippen MR) is 128 cm³/mol. The minimum atomic E-state index is 0. The second kappa shape index (κ2) is 11.7.